The first kappa shape index (κ1) is 42.8. The number of benzene rings is 3. The van der Waals surface area contributed by atoms with Gasteiger partial charge in [0, 0.05) is 114 Å². The van der Waals surface area contributed by atoms with Crippen molar-refractivity contribution < 1.29 is 28.4 Å². The molecule has 14 nitrogen and oxygen atoms in total. The third kappa shape index (κ3) is 8.48. The van der Waals surface area contributed by atoms with E-state index in [9.17, 15) is 24.0 Å². The highest BCUT2D eigenvalue weighted by Crippen LogP contribution is 2.43. The Bertz CT molecular complexity index is 2660. The first-order valence-corrected chi connectivity index (χ1v) is 22.3. The number of fused-ring (bicyclic) bond motifs is 1. The van der Waals surface area contributed by atoms with Crippen molar-refractivity contribution in [2.75, 3.05) is 69.7 Å². The second-order valence-electron chi connectivity index (χ2n) is 17.6. The molecule has 0 unspecified atom stereocenters. The van der Waals surface area contributed by atoms with E-state index in [-0.39, 0.29) is 54.1 Å². The van der Waals surface area contributed by atoms with E-state index < -0.39 is 11.8 Å². The zero-order chi connectivity index (χ0) is 44.7. The molecule has 0 radical (unpaired) electrons. The number of imide groups is 1. The summed E-state index contributed by atoms with van der Waals surface area (Å²) in [5.74, 6) is -1.17. The topological polar surface area (TPSA) is 147 Å². The highest BCUT2D eigenvalue weighted by molar-refractivity contribution is 6.34. The van der Waals surface area contributed by atoms with Crippen LogP contribution in [0.25, 0.3) is 27.6 Å². The maximum atomic E-state index is 16.6. The van der Waals surface area contributed by atoms with Crippen LogP contribution >= 0.6 is 11.6 Å². The van der Waals surface area contributed by atoms with E-state index in [2.05, 4.69) is 44.6 Å². The highest BCUT2D eigenvalue weighted by atomic mass is 35.5. The number of urea groups is 1. The Labute approximate surface area is 375 Å². The number of rotatable bonds is 9. The van der Waals surface area contributed by atoms with Crippen molar-refractivity contribution in [3.63, 3.8) is 0 Å². The number of hydrogen-bond donors (Lipinski definition) is 2. The van der Waals surface area contributed by atoms with Gasteiger partial charge in [-0.05, 0) is 103 Å². The van der Waals surface area contributed by atoms with Gasteiger partial charge in [0.05, 0.1) is 16.2 Å². The molecule has 16 heteroatoms. The Morgan fingerprint density at radius 3 is 2.34 bits per heavy atom. The monoisotopic (exact) mass is 887 g/mol. The van der Waals surface area contributed by atoms with Gasteiger partial charge < -0.3 is 24.6 Å². The van der Waals surface area contributed by atoms with E-state index >= 15 is 4.39 Å². The minimum atomic E-state index is -0.549. The summed E-state index contributed by atoms with van der Waals surface area (Å²) in [5.41, 5.74) is 5.44. The van der Waals surface area contributed by atoms with E-state index in [0.29, 0.717) is 71.9 Å². The van der Waals surface area contributed by atoms with Gasteiger partial charge in [-0.25, -0.2) is 9.18 Å². The molecule has 2 N–H and O–H groups in total. The maximum Gasteiger partial charge on any atom is 0.328 e. The number of piperidine rings is 2. The predicted molar refractivity (Wildman–Crippen MR) is 244 cm³/mol. The molecule has 5 aromatic rings. The van der Waals surface area contributed by atoms with Gasteiger partial charge in [-0.15, -0.1) is 0 Å². The molecule has 332 valence electrons. The molecule has 6 heterocycles. The Kier molecular flexibility index (Phi) is 11.8. The van der Waals surface area contributed by atoms with Gasteiger partial charge in [0.1, 0.15) is 5.69 Å². The van der Waals surface area contributed by atoms with Gasteiger partial charge in [-0.2, -0.15) is 5.10 Å². The van der Waals surface area contributed by atoms with Crippen molar-refractivity contribution in [3.8, 4) is 11.1 Å². The first-order chi connectivity index (χ1) is 30.9. The van der Waals surface area contributed by atoms with Gasteiger partial charge in [0.15, 0.2) is 5.82 Å². The summed E-state index contributed by atoms with van der Waals surface area (Å²) in [6.45, 7) is 4.52. The van der Waals surface area contributed by atoms with Crippen LogP contribution in [0.5, 0.6) is 0 Å². The molecule has 64 heavy (non-hydrogen) atoms. The summed E-state index contributed by atoms with van der Waals surface area (Å²) in [7, 11) is 3.33. The molecule has 0 bridgehead atoms. The molecule has 4 aliphatic heterocycles. The lowest BCUT2D eigenvalue weighted by Gasteiger charge is -2.47. The normalized spacial score (nSPS) is 17.8. The summed E-state index contributed by atoms with van der Waals surface area (Å²) in [4.78, 5) is 76.3. The second-order valence-corrected chi connectivity index (χ2v) is 18.0. The SMILES string of the molecule is CN(C)C(=O)c1cc2c(-c3ccc(N4CCC5(CCN(C(=O)c6ccc(Cl)c(N7CCC(=O)NC7=O)c6)CC5)CC4)cc3)cc(C3=CCCN(C(=O)CCn4cccn4)C3)c(F)c2[nH]1. The fourth-order valence-electron chi connectivity index (χ4n) is 9.65. The van der Waals surface area contributed by atoms with E-state index in [1.54, 1.807) is 54.1 Å². The van der Waals surface area contributed by atoms with Crippen LogP contribution in [-0.2, 0) is 16.1 Å². The zero-order valence-electron chi connectivity index (χ0n) is 36.0. The van der Waals surface area contributed by atoms with Crippen LogP contribution in [0.1, 0.15) is 71.4 Å². The van der Waals surface area contributed by atoms with E-state index in [1.807, 2.05) is 29.3 Å². The van der Waals surface area contributed by atoms with Crippen molar-refractivity contribution in [1.29, 1.82) is 0 Å². The van der Waals surface area contributed by atoms with Crippen molar-refractivity contribution in [2.45, 2.75) is 51.5 Å². The molecule has 3 saturated heterocycles. The molecule has 0 aliphatic carbocycles. The Hall–Kier alpha value is -6.48. The largest absolute Gasteiger partial charge is 0.371 e. The predicted octanol–water partition coefficient (Wildman–Crippen LogP) is 7.20. The van der Waals surface area contributed by atoms with Crippen molar-refractivity contribution in [3.05, 3.63) is 107 Å². The number of likely N-dealkylation sites (tertiary alicyclic amines) is 1. The zero-order valence-corrected chi connectivity index (χ0v) is 36.8. The standard InChI is InChI=1S/C48H51ClFN9O5/c1-54(2)46(63)39-29-37-35(28-36(43(50)44(37)52-39)33-5-3-19-57(30-33)42(61)13-21-58-20-4-18-51-58)31-6-9-34(10-7-31)55-23-14-48(15-24-55)16-25-56(26-17-48)45(62)32-8-11-38(49)40(27-32)59-22-12-41(60)53-47(59)64/h4-11,18,20,27-29,52H,3,12-17,19,21-26,30H2,1-2H3,(H,53,60,64). The van der Waals surface area contributed by atoms with Crippen LogP contribution in [0, 0.1) is 11.2 Å². The molecule has 3 aromatic carbocycles. The molecule has 4 aliphatic rings. The Morgan fingerprint density at radius 1 is 0.891 bits per heavy atom. The van der Waals surface area contributed by atoms with Gasteiger partial charge in [-0.1, -0.05) is 29.8 Å². The average Bonchev–Trinajstić information content (AvgIpc) is 4.01. The van der Waals surface area contributed by atoms with Crippen LogP contribution in [0.3, 0.4) is 0 Å². The summed E-state index contributed by atoms with van der Waals surface area (Å²) in [6, 6.07) is 18.1. The number of carbonyl (C=O) groups excluding carboxylic acids is 5. The second kappa shape index (κ2) is 17.6. The lowest BCUT2D eigenvalue weighted by molar-refractivity contribution is -0.131. The number of aromatic nitrogens is 3. The lowest BCUT2D eigenvalue weighted by Crippen LogP contribution is -2.50. The highest BCUT2D eigenvalue weighted by Gasteiger charge is 2.39. The quantitative estimate of drug-likeness (QED) is 0.159. The van der Waals surface area contributed by atoms with E-state index in [4.69, 9.17) is 11.6 Å². The minimum absolute atomic E-state index is 0.0161. The number of halogens is 2. The number of hydrogen-bond acceptors (Lipinski definition) is 7. The van der Waals surface area contributed by atoms with Crippen molar-refractivity contribution >= 4 is 69.1 Å². The molecule has 6 amide bonds. The number of amides is 6. The maximum absolute atomic E-state index is 16.6. The summed E-state index contributed by atoms with van der Waals surface area (Å²) in [5, 5.41) is 7.46. The minimum Gasteiger partial charge on any atom is -0.371 e. The average molecular weight is 888 g/mol. The third-order valence-electron chi connectivity index (χ3n) is 13.5. The number of carbonyl (C=O) groups is 5. The van der Waals surface area contributed by atoms with E-state index in [1.165, 1.54) is 9.80 Å². The Balaban J connectivity index is 0.877. The first-order valence-electron chi connectivity index (χ1n) is 21.9. The van der Waals surface area contributed by atoms with Crippen molar-refractivity contribution in [1.82, 2.24) is 34.8 Å². The fraction of sp³-hybridized carbons (Fsp3) is 0.375. The van der Waals surface area contributed by atoms with E-state index in [0.717, 1.165) is 61.2 Å². The number of nitrogens with zero attached hydrogens (tertiary/aromatic N) is 7. The molecule has 1 spiro atoms. The number of anilines is 2. The smallest absolute Gasteiger partial charge is 0.328 e. The third-order valence-corrected chi connectivity index (χ3v) is 13.8. The van der Waals surface area contributed by atoms with Gasteiger partial charge in [0.25, 0.3) is 11.8 Å². The van der Waals surface area contributed by atoms with Gasteiger partial charge >= 0.3 is 6.03 Å². The van der Waals surface area contributed by atoms with Crippen LogP contribution < -0.4 is 15.1 Å². The van der Waals surface area contributed by atoms with Crippen LogP contribution in [0.4, 0.5) is 20.6 Å². The van der Waals surface area contributed by atoms with Gasteiger partial charge in [-0.3, -0.25) is 34.1 Å². The summed E-state index contributed by atoms with van der Waals surface area (Å²) < 4.78 is 18.4. The molecule has 0 atom stereocenters. The molecular formula is C48H51ClFN9O5. The molecular weight excluding hydrogens is 837 g/mol. The molecule has 3 fully saturated rings. The van der Waals surface area contributed by atoms with Crippen molar-refractivity contribution in [2.24, 2.45) is 5.41 Å². The lowest BCUT2D eigenvalue weighted by atomic mass is 9.71. The van der Waals surface area contributed by atoms with Gasteiger partial charge in [0.2, 0.25) is 11.8 Å². The molecule has 9 rings (SSSR count). The number of H-pyrrole nitrogens is 1. The molecule has 0 saturated carbocycles. The van der Waals surface area contributed by atoms with Crippen LogP contribution in [0.2, 0.25) is 5.02 Å². The van der Waals surface area contributed by atoms with Crippen LogP contribution in [-0.4, -0.2) is 119 Å². The number of aryl methyl sites for hydroxylation is 1. The number of nitrogens with one attached hydrogen (secondary N) is 2. The fourth-order valence-corrected chi connectivity index (χ4v) is 9.87. The summed E-state index contributed by atoms with van der Waals surface area (Å²) in [6.07, 6.45) is 10.4. The Morgan fingerprint density at radius 2 is 1.64 bits per heavy atom. The van der Waals surface area contributed by atoms with Crippen LogP contribution in [0.15, 0.2) is 79.1 Å². The number of aromatic amines is 1. The molecule has 2 aromatic heterocycles. The summed E-state index contributed by atoms with van der Waals surface area (Å²) >= 11 is 6.44.